The summed E-state index contributed by atoms with van der Waals surface area (Å²) < 4.78 is 97.4. The van der Waals surface area contributed by atoms with E-state index in [1.165, 1.54) is 40.6 Å². The van der Waals surface area contributed by atoms with E-state index in [-0.39, 0.29) is 17.6 Å². The maximum atomic E-state index is 14.2. The average Bonchev–Trinajstić information content (AvgIpc) is 3.24. The summed E-state index contributed by atoms with van der Waals surface area (Å²) >= 11 is 7.55. The molecule has 0 fully saturated rings. The summed E-state index contributed by atoms with van der Waals surface area (Å²) in [5.41, 5.74) is -1.56. The number of halogens is 4. The zero-order chi connectivity index (χ0) is 45.8. The molecule has 10 nitrogen and oxygen atoms in total. The standard InChI is InChI=1S/C46H57ClF3N5O5S3/c1-32(2)55(33(3)4)28-10-12-39(31-61-40-13-6-5-7-14-40)53-43-25-24-41(29-44(43)62(57,58)46(48,49)50)63(59,60)54-45(56)35-18-22-38(23-19-35)52-27-26-51-30-36-11-8-9-15-42(36)34-16-20-37(47)21-17-34/h5-7,13-14,16-25,29,32-33,39,51-53H,8-12,15,26-28,30-31H2,1-4H3,(H,54,56)/t39-/m1/s1. The first-order valence-electron chi connectivity index (χ1n) is 21.1. The van der Waals surface area contributed by atoms with Crippen molar-refractivity contribution in [3.05, 3.63) is 119 Å². The zero-order valence-electron chi connectivity index (χ0n) is 36.0. The van der Waals surface area contributed by atoms with Crippen molar-refractivity contribution in [2.45, 2.75) is 105 Å². The number of sulfone groups is 1. The number of nitrogens with zero attached hydrogens (tertiary/aromatic N) is 1. The van der Waals surface area contributed by atoms with Gasteiger partial charge < -0.3 is 16.0 Å². The molecule has 0 spiro atoms. The second-order valence-electron chi connectivity index (χ2n) is 16.1. The fourth-order valence-corrected chi connectivity index (χ4v) is 10.7. The molecule has 0 bridgehead atoms. The first-order chi connectivity index (χ1) is 29.9. The number of thioether (sulfide) groups is 1. The number of sulfonamides is 1. The summed E-state index contributed by atoms with van der Waals surface area (Å²) in [6.45, 7) is 11.0. The summed E-state index contributed by atoms with van der Waals surface area (Å²) in [6.07, 6.45) is 5.48. The molecule has 0 saturated carbocycles. The van der Waals surface area contributed by atoms with Gasteiger partial charge in [0.1, 0.15) is 4.90 Å². The molecule has 63 heavy (non-hydrogen) atoms. The SMILES string of the molecule is CC(C)N(CCC[C@H](CSc1ccccc1)Nc1ccc(S(=O)(=O)NC(=O)c2ccc(NCCNCC3=C(c4ccc(Cl)cc4)CCCC3)cc2)cc1S(=O)(=O)C(F)(F)F)C(C)C. The van der Waals surface area contributed by atoms with Gasteiger partial charge in [0.2, 0.25) is 0 Å². The monoisotopic (exact) mass is 947 g/mol. The Balaban J connectivity index is 1.25. The lowest BCUT2D eigenvalue weighted by Gasteiger charge is -2.31. The first-order valence-corrected chi connectivity index (χ1v) is 25.4. The van der Waals surface area contributed by atoms with Gasteiger partial charge in [0.15, 0.2) is 0 Å². The zero-order valence-corrected chi connectivity index (χ0v) is 39.2. The van der Waals surface area contributed by atoms with Crippen molar-refractivity contribution in [3.63, 3.8) is 0 Å². The number of allylic oxidation sites excluding steroid dienone is 1. The minimum atomic E-state index is -6.05. The van der Waals surface area contributed by atoms with Crippen molar-refractivity contribution in [1.29, 1.82) is 0 Å². The molecule has 0 aromatic heterocycles. The van der Waals surface area contributed by atoms with E-state index in [9.17, 15) is 34.8 Å². The van der Waals surface area contributed by atoms with Crippen LogP contribution in [0.15, 0.2) is 117 Å². The fraction of sp³-hybridized carbons (Fsp3) is 0.413. The number of amides is 1. The number of hydrogen-bond donors (Lipinski definition) is 4. The molecule has 0 heterocycles. The average molecular weight is 949 g/mol. The number of nitrogens with one attached hydrogen (secondary N) is 4. The summed E-state index contributed by atoms with van der Waals surface area (Å²) in [4.78, 5) is 14.3. The van der Waals surface area contributed by atoms with Crippen LogP contribution >= 0.6 is 23.4 Å². The number of alkyl halides is 3. The topological polar surface area (TPSA) is 137 Å². The third-order valence-electron chi connectivity index (χ3n) is 10.8. The van der Waals surface area contributed by atoms with E-state index in [4.69, 9.17) is 11.6 Å². The van der Waals surface area contributed by atoms with Crippen LogP contribution in [0.5, 0.6) is 0 Å². The van der Waals surface area contributed by atoms with Crippen molar-refractivity contribution >= 4 is 66.1 Å². The third-order valence-corrected chi connectivity index (χ3v) is 15.1. The van der Waals surface area contributed by atoms with Gasteiger partial charge in [-0.2, -0.15) is 13.2 Å². The molecule has 0 unspecified atom stereocenters. The van der Waals surface area contributed by atoms with E-state index < -0.39 is 52.8 Å². The molecular formula is C46H57ClF3N5O5S3. The largest absolute Gasteiger partial charge is 0.501 e. The third kappa shape index (κ3) is 14.2. The molecular weight excluding hydrogens is 891 g/mol. The number of rotatable bonds is 22. The van der Waals surface area contributed by atoms with E-state index in [1.54, 1.807) is 12.1 Å². The van der Waals surface area contributed by atoms with Crippen molar-refractivity contribution in [3.8, 4) is 0 Å². The van der Waals surface area contributed by atoms with E-state index in [2.05, 4.69) is 60.7 Å². The van der Waals surface area contributed by atoms with Gasteiger partial charge in [-0.15, -0.1) is 11.8 Å². The Labute approximate surface area is 379 Å². The Morgan fingerprint density at radius 2 is 1.51 bits per heavy atom. The predicted molar refractivity (Wildman–Crippen MR) is 250 cm³/mol. The van der Waals surface area contributed by atoms with Crippen LogP contribution in [-0.4, -0.2) is 83.2 Å². The molecule has 1 amide bonds. The van der Waals surface area contributed by atoms with Gasteiger partial charge >= 0.3 is 5.51 Å². The van der Waals surface area contributed by atoms with Gasteiger partial charge in [0.25, 0.3) is 25.8 Å². The first kappa shape index (κ1) is 49.9. The number of hydrogen-bond acceptors (Lipinski definition) is 10. The van der Waals surface area contributed by atoms with E-state index >= 15 is 0 Å². The lowest BCUT2D eigenvalue weighted by atomic mass is 9.87. The molecule has 0 radical (unpaired) electrons. The van der Waals surface area contributed by atoms with Crippen LogP contribution in [-0.2, 0) is 19.9 Å². The van der Waals surface area contributed by atoms with Crippen LogP contribution in [0.3, 0.4) is 0 Å². The summed E-state index contributed by atoms with van der Waals surface area (Å²) in [7, 11) is -10.9. The van der Waals surface area contributed by atoms with Gasteiger partial charge in [0.05, 0.1) is 10.6 Å². The van der Waals surface area contributed by atoms with Crippen molar-refractivity contribution in [2.24, 2.45) is 0 Å². The van der Waals surface area contributed by atoms with Crippen LogP contribution in [0.4, 0.5) is 24.5 Å². The number of carbonyl (C=O) groups is 1. The fourth-order valence-electron chi connectivity index (χ4n) is 7.58. The molecule has 4 aromatic carbocycles. The van der Waals surface area contributed by atoms with E-state index in [0.29, 0.717) is 55.0 Å². The molecule has 17 heteroatoms. The second-order valence-corrected chi connectivity index (χ2v) is 21.2. The highest BCUT2D eigenvalue weighted by molar-refractivity contribution is 7.99. The van der Waals surface area contributed by atoms with Gasteiger partial charge in [-0.05, 0) is 151 Å². The van der Waals surface area contributed by atoms with Crippen molar-refractivity contribution in [2.75, 3.05) is 42.6 Å². The molecule has 1 aliphatic carbocycles. The lowest BCUT2D eigenvalue weighted by molar-refractivity contribution is -0.0435. The van der Waals surface area contributed by atoms with Crippen LogP contribution < -0.4 is 20.7 Å². The van der Waals surface area contributed by atoms with Crippen LogP contribution in [0, 0.1) is 0 Å². The summed E-state index contributed by atoms with van der Waals surface area (Å²) in [5.74, 6) is -0.664. The van der Waals surface area contributed by atoms with Crippen LogP contribution in [0.1, 0.15) is 82.1 Å². The lowest BCUT2D eigenvalue weighted by Crippen LogP contribution is -2.38. The number of carbonyl (C=O) groups excluding carboxylic acids is 1. The molecule has 5 rings (SSSR count). The Kier molecular flexibility index (Phi) is 18.0. The molecule has 0 saturated heterocycles. The Hall–Kier alpha value is -4.06. The van der Waals surface area contributed by atoms with Gasteiger partial charge in [0, 0.05) is 64.7 Å². The van der Waals surface area contributed by atoms with E-state index in [0.717, 1.165) is 49.3 Å². The quantitative estimate of drug-likeness (QED) is 0.0445. The maximum Gasteiger partial charge on any atom is 0.501 e. The van der Waals surface area contributed by atoms with Crippen LogP contribution in [0.25, 0.3) is 5.57 Å². The van der Waals surface area contributed by atoms with Gasteiger partial charge in [-0.3, -0.25) is 9.69 Å². The highest BCUT2D eigenvalue weighted by Gasteiger charge is 2.48. The number of anilines is 2. The Bertz CT molecular complexity index is 2370. The highest BCUT2D eigenvalue weighted by atomic mass is 35.5. The van der Waals surface area contributed by atoms with E-state index in [1.807, 2.05) is 47.2 Å². The van der Waals surface area contributed by atoms with Crippen molar-refractivity contribution < 1.29 is 34.8 Å². The smallest absolute Gasteiger partial charge is 0.384 e. The molecule has 4 N–H and O–H groups in total. The Morgan fingerprint density at radius 1 is 0.841 bits per heavy atom. The van der Waals surface area contributed by atoms with Gasteiger partial charge in [-0.1, -0.05) is 47.5 Å². The molecule has 4 aromatic rings. The summed E-state index contributed by atoms with van der Waals surface area (Å²) in [5, 5.41) is 10.5. The maximum absolute atomic E-state index is 14.2. The minimum Gasteiger partial charge on any atom is -0.384 e. The molecule has 342 valence electrons. The number of benzene rings is 4. The molecule has 1 atom stereocenters. The minimum absolute atomic E-state index is 0.0325. The van der Waals surface area contributed by atoms with Crippen molar-refractivity contribution in [1.82, 2.24) is 14.9 Å². The predicted octanol–water partition coefficient (Wildman–Crippen LogP) is 10.3. The van der Waals surface area contributed by atoms with Crippen LogP contribution in [0.2, 0.25) is 5.02 Å². The molecule has 1 aliphatic rings. The Morgan fingerprint density at radius 3 is 2.16 bits per heavy atom. The van der Waals surface area contributed by atoms with Gasteiger partial charge in [-0.25, -0.2) is 21.6 Å². The summed E-state index contributed by atoms with van der Waals surface area (Å²) in [6, 6.07) is 25.8. The highest BCUT2D eigenvalue weighted by Crippen LogP contribution is 2.37. The molecule has 0 aliphatic heterocycles. The normalized spacial score (nSPS) is 14.3. The second kappa shape index (κ2) is 22.7.